The van der Waals surface area contributed by atoms with Gasteiger partial charge in [-0.05, 0) is 31.0 Å². The van der Waals surface area contributed by atoms with Gasteiger partial charge in [-0.2, -0.15) is 0 Å². The highest BCUT2D eigenvalue weighted by atomic mass is 16.1. The van der Waals surface area contributed by atoms with Gasteiger partial charge in [0.25, 0.3) is 5.91 Å². The quantitative estimate of drug-likeness (QED) is 0.860. The monoisotopic (exact) mass is 255 g/mol. The van der Waals surface area contributed by atoms with E-state index in [-0.39, 0.29) is 6.04 Å². The first kappa shape index (κ1) is 13.1. The smallest absolute Gasteiger partial charge is 0.252 e. The van der Waals surface area contributed by atoms with Crippen LogP contribution in [0.1, 0.15) is 22.8 Å². The summed E-state index contributed by atoms with van der Waals surface area (Å²) in [5.74, 6) is 0.0703. The zero-order chi connectivity index (χ0) is 13.7. The third-order valence-corrected chi connectivity index (χ3v) is 2.84. The average molecular weight is 255 g/mol. The summed E-state index contributed by atoms with van der Waals surface area (Å²) < 4.78 is 0. The second kappa shape index (κ2) is 6.00. The molecule has 2 aromatic rings. The number of nitrogens with one attached hydrogen (secondary N) is 1. The van der Waals surface area contributed by atoms with Crippen LogP contribution >= 0.6 is 0 Å². The van der Waals surface area contributed by atoms with Crippen LogP contribution in [0.4, 0.5) is 5.82 Å². The first-order valence-corrected chi connectivity index (χ1v) is 6.22. The highest BCUT2D eigenvalue weighted by Gasteiger charge is 2.11. The number of amides is 1. The molecule has 0 saturated carbocycles. The molecule has 1 unspecified atom stereocenters. The van der Waals surface area contributed by atoms with Crippen molar-refractivity contribution in [3.8, 4) is 0 Å². The molecule has 1 heterocycles. The Labute approximate surface area is 112 Å². The second-order valence-corrected chi connectivity index (χ2v) is 4.50. The van der Waals surface area contributed by atoms with Gasteiger partial charge in [0.15, 0.2) is 0 Å². The summed E-state index contributed by atoms with van der Waals surface area (Å²) >= 11 is 0. The summed E-state index contributed by atoms with van der Waals surface area (Å²) in [7, 11) is 0. The van der Waals surface area contributed by atoms with E-state index in [0.29, 0.717) is 11.4 Å². The molecular formula is C15H17N3O. The van der Waals surface area contributed by atoms with E-state index in [2.05, 4.69) is 22.4 Å². The summed E-state index contributed by atoms with van der Waals surface area (Å²) in [6.07, 6.45) is 2.50. The number of aromatic nitrogens is 1. The molecule has 0 aliphatic carbocycles. The minimum Gasteiger partial charge on any atom is -0.367 e. The number of pyridine rings is 1. The van der Waals surface area contributed by atoms with Crippen LogP contribution in [-0.2, 0) is 6.42 Å². The van der Waals surface area contributed by atoms with Crippen molar-refractivity contribution in [3.05, 3.63) is 59.8 Å². The lowest BCUT2D eigenvalue weighted by Crippen LogP contribution is -2.22. The highest BCUT2D eigenvalue weighted by Crippen LogP contribution is 2.13. The third-order valence-electron chi connectivity index (χ3n) is 2.84. The molecule has 0 bridgehead atoms. The topological polar surface area (TPSA) is 68.0 Å². The molecule has 1 aromatic carbocycles. The SMILES string of the molecule is CC(Cc1ccccc1)Nc1ncccc1C(N)=O. The van der Waals surface area contributed by atoms with Crippen LogP contribution in [0.25, 0.3) is 0 Å². The van der Waals surface area contributed by atoms with Gasteiger partial charge >= 0.3 is 0 Å². The fourth-order valence-electron chi connectivity index (χ4n) is 1.97. The minimum absolute atomic E-state index is 0.162. The van der Waals surface area contributed by atoms with Crippen molar-refractivity contribution < 1.29 is 4.79 Å². The van der Waals surface area contributed by atoms with Crippen LogP contribution in [0, 0.1) is 0 Å². The van der Waals surface area contributed by atoms with E-state index in [9.17, 15) is 4.79 Å². The number of anilines is 1. The highest BCUT2D eigenvalue weighted by molar-refractivity contribution is 5.97. The predicted octanol–water partition coefficient (Wildman–Crippen LogP) is 2.22. The number of carbonyl (C=O) groups excluding carboxylic acids is 1. The summed E-state index contributed by atoms with van der Waals surface area (Å²) in [5, 5.41) is 3.23. The summed E-state index contributed by atoms with van der Waals surface area (Å²) in [4.78, 5) is 15.5. The van der Waals surface area contributed by atoms with Gasteiger partial charge in [-0.1, -0.05) is 30.3 Å². The van der Waals surface area contributed by atoms with Gasteiger partial charge in [0.05, 0.1) is 5.56 Å². The van der Waals surface area contributed by atoms with Crippen LogP contribution in [0.2, 0.25) is 0 Å². The van der Waals surface area contributed by atoms with E-state index in [0.717, 1.165) is 6.42 Å². The van der Waals surface area contributed by atoms with Gasteiger partial charge in [0.2, 0.25) is 0 Å². The van der Waals surface area contributed by atoms with Gasteiger partial charge in [0, 0.05) is 12.2 Å². The van der Waals surface area contributed by atoms with E-state index in [1.807, 2.05) is 25.1 Å². The number of primary amides is 1. The first-order valence-electron chi connectivity index (χ1n) is 6.22. The Morgan fingerprint density at radius 2 is 2.00 bits per heavy atom. The summed E-state index contributed by atoms with van der Waals surface area (Å²) in [6, 6.07) is 13.7. The van der Waals surface area contributed by atoms with Crippen molar-refractivity contribution in [1.29, 1.82) is 0 Å². The average Bonchev–Trinajstić information content (AvgIpc) is 2.40. The summed E-state index contributed by atoms with van der Waals surface area (Å²) in [6.45, 7) is 2.05. The first-order chi connectivity index (χ1) is 9.16. The maximum absolute atomic E-state index is 11.3. The molecule has 19 heavy (non-hydrogen) atoms. The Morgan fingerprint density at radius 3 is 2.68 bits per heavy atom. The maximum Gasteiger partial charge on any atom is 0.252 e. The van der Waals surface area contributed by atoms with Crippen LogP contribution in [0.3, 0.4) is 0 Å². The van der Waals surface area contributed by atoms with Crippen LogP contribution in [0.5, 0.6) is 0 Å². The van der Waals surface area contributed by atoms with E-state index in [4.69, 9.17) is 5.73 Å². The lowest BCUT2D eigenvalue weighted by molar-refractivity contribution is 0.100. The van der Waals surface area contributed by atoms with Crippen molar-refractivity contribution in [2.75, 3.05) is 5.32 Å². The molecule has 2 rings (SSSR count). The van der Waals surface area contributed by atoms with E-state index in [1.54, 1.807) is 18.3 Å². The van der Waals surface area contributed by atoms with E-state index in [1.165, 1.54) is 5.56 Å². The number of rotatable bonds is 5. The lowest BCUT2D eigenvalue weighted by Gasteiger charge is -2.16. The number of hydrogen-bond acceptors (Lipinski definition) is 3. The van der Waals surface area contributed by atoms with Gasteiger partial charge in [-0.15, -0.1) is 0 Å². The van der Waals surface area contributed by atoms with Crippen molar-refractivity contribution in [3.63, 3.8) is 0 Å². The van der Waals surface area contributed by atoms with Crippen molar-refractivity contribution in [2.24, 2.45) is 5.73 Å². The van der Waals surface area contributed by atoms with Crippen molar-refractivity contribution >= 4 is 11.7 Å². The molecule has 0 radical (unpaired) electrons. The Kier molecular flexibility index (Phi) is 4.13. The Bertz CT molecular complexity index is 554. The zero-order valence-electron chi connectivity index (χ0n) is 10.8. The molecule has 1 aromatic heterocycles. The number of benzene rings is 1. The van der Waals surface area contributed by atoms with Gasteiger partial charge < -0.3 is 11.1 Å². The van der Waals surface area contributed by atoms with Gasteiger partial charge in [0.1, 0.15) is 5.82 Å². The lowest BCUT2D eigenvalue weighted by atomic mass is 10.1. The van der Waals surface area contributed by atoms with Crippen LogP contribution in [-0.4, -0.2) is 16.9 Å². The Balaban J connectivity index is 2.07. The molecule has 0 aliphatic heterocycles. The predicted molar refractivity (Wildman–Crippen MR) is 76.0 cm³/mol. The van der Waals surface area contributed by atoms with E-state index < -0.39 is 5.91 Å². The van der Waals surface area contributed by atoms with Crippen molar-refractivity contribution in [2.45, 2.75) is 19.4 Å². The fourth-order valence-corrected chi connectivity index (χ4v) is 1.97. The molecular weight excluding hydrogens is 238 g/mol. The number of nitrogens with two attached hydrogens (primary N) is 1. The molecule has 1 atom stereocenters. The third kappa shape index (κ3) is 3.55. The van der Waals surface area contributed by atoms with Crippen LogP contribution < -0.4 is 11.1 Å². The molecule has 0 spiro atoms. The molecule has 0 fully saturated rings. The van der Waals surface area contributed by atoms with Gasteiger partial charge in [-0.3, -0.25) is 4.79 Å². The number of carbonyl (C=O) groups is 1. The van der Waals surface area contributed by atoms with Crippen molar-refractivity contribution in [1.82, 2.24) is 4.98 Å². The van der Waals surface area contributed by atoms with Crippen LogP contribution in [0.15, 0.2) is 48.7 Å². The molecule has 1 amide bonds. The molecule has 0 saturated heterocycles. The van der Waals surface area contributed by atoms with E-state index >= 15 is 0 Å². The molecule has 98 valence electrons. The zero-order valence-corrected chi connectivity index (χ0v) is 10.8. The molecule has 3 N–H and O–H groups in total. The molecule has 0 aliphatic rings. The second-order valence-electron chi connectivity index (χ2n) is 4.50. The van der Waals surface area contributed by atoms with Gasteiger partial charge in [-0.25, -0.2) is 4.98 Å². The minimum atomic E-state index is -0.470. The molecule has 4 nitrogen and oxygen atoms in total. The Morgan fingerprint density at radius 1 is 1.26 bits per heavy atom. The number of nitrogens with zero attached hydrogens (tertiary/aromatic N) is 1. The summed E-state index contributed by atoms with van der Waals surface area (Å²) in [5.41, 5.74) is 6.98. The molecule has 4 heteroatoms. The fraction of sp³-hybridized carbons (Fsp3) is 0.200. The normalized spacial score (nSPS) is 11.8. The number of hydrogen-bond donors (Lipinski definition) is 2. The maximum atomic E-state index is 11.3. The standard InChI is InChI=1S/C15H17N3O/c1-11(10-12-6-3-2-4-7-12)18-15-13(14(16)19)8-5-9-17-15/h2-9,11H,10H2,1H3,(H2,16,19)(H,17,18). The Hall–Kier alpha value is -2.36. The largest absolute Gasteiger partial charge is 0.367 e.